The van der Waals surface area contributed by atoms with E-state index in [1.165, 1.54) is 0 Å². The predicted molar refractivity (Wildman–Crippen MR) is 57.1 cm³/mol. The Hall–Kier alpha value is -0.120. The van der Waals surface area contributed by atoms with Gasteiger partial charge in [0.05, 0.1) is 5.60 Å². The first kappa shape index (κ1) is 12.0. The molecule has 14 heavy (non-hydrogen) atoms. The minimum atomic E-state index is -0.628. The number of rotatable bonds is 3. The van der Waals surface area contributed by atoms with Gasteiger partial charge in [-0.15, -0.1) is 0 Å². The van der Waals surface area contributed by atoms with Crippen molar-refractivity contribution in [2.75, 3.05) is 26.2 Å². The largest absolute Gasteiger partial charge is 0.396 e. The zero-order chi connectivity index (χ0) is 10.8. The number of β-amino-alcohol motifs (C(OH)–C–C–N with tert-alkyl or cyclic N) is 1. The summed E-state index contributed by atoms with van der Waals surface area (Å²) in [6.45, 7) is 8.81. The van der Waals surface area contributed by atoms with Crippen LogP contribution in [0.2, 0.25) is 0 Å². The first-order chi connectivity index (χ1) is 6.40. The zero-order valence-corrected chi connectivity index (χ0v) is 9.53. The molecule has 3 nitrogen and oxygen atoms in total. The molecule has 1 aliphatic rings. The third kappa shape index (κ3) is 3.95. The number of hydrogen-bond acceptors (Lipinski definition) is 3. The quantitative estimate of drug-likeness (QED) is 0.706. The smallest absolute Gasteiger partial charge is 0.0718 e. The highest BCUT2D eigenvalue weighted by molar-refractivity contribution is 4.80. The molecule has 1 rings (SSSR count). The van der Waals surface area contributed by atoms with E-state index in [0.717, 1.165) is 19.5 Å². The van der Waals surface area contributed by atoms with E-state index < -0.39 is 5.60 Å². The maximum Gasteiger partial charge on any atom is 0.0718 e. The van der Waals surface area contributed by atoms with E-state index in [2.05, 4.69) is 11.8 Å². The SMILES string of the molecule is CC1CC(CO)CN(CC(C)(C)O)C1. The summed E-state index contributed by atoms with van der Waals surface area (Å²) in [5.41, 5.74) is -0.628. The normalized spacial score (nSPS) is 30.6. The summed E-state index contributed by atoms with van der Waals surface area (Å²) in [6, 6.07) is 0. The molecule has 2 unspecified atom stereocenters. The van der Waals surface area contributed by atoms with Gasteiger partial charge in [-0.3, -0.25) is 4.90 Å². The lowest BCUT2D eigenvalue weighted by molar-refractivity contribution is 0.00438. The van der Waals surface area contributed by atoms with Crippen LogP contribution in [-0.2, 0) is 0 Å². The van der Waals surface area contributed by atoms with Gasteiger partial charge in [0, 0.05) is 26.2 Å². The summed E-state index contributed by atoms with van der Waals surface area (Å²) in [6.07, 6.45) is 1.11. The Morgan fingerprint density at radius 2 is 2.00 bits per heavy atom. The molecule has 1 fully saturated rings. The molecule has 84 valence electrons. The lowest BCUT2D eigenvalue weighted by Crippen LogP contribution is -2.47. The molecule has 0 aromatic rings. The van der Waals surface area contributed by atoms with Crippen LogP contribution in [0.1, 0.15) is 27.2 Å². The molecule has 3 heteroatoms. The Labute approximate surface area is 86.7 Å². The van der Waals surface area contributed by atoms with Gasteiger partial charge in [-0.1, -0.05) is 6.92 Å². The van der Waals surface area contributed by atoms with Crippen LogP contribution in [0, 0.1) is 11.8 Å². The van der Waals surface area contributed by atoms with Crippen LogP contribution in [0.4, 0.5) is 0 Å². The zero-order valence-electron chi connectivity index (χ0n) is 9.53. The van der Waals surface area contributed by atoms with Crippen molar-refractivity contribution in [2.24, 2.45) is 11.8 Å². The average Bonchev–Trinajstić information content (AvgIpc) is 1.99. The highest BCUT2D eigenvalue weighted by Crippen LogP contribution is 2.22. The monoisotopic (exact) mass is 201 g/mol. The Bertz CT molecular complexity index is 177. The molecule has 1 saturated heterocycles. The van der Waals surface area contributed by atoms with E-state index in [1.54, 1.807) is 0 Å². The molecule has 2 atom stereocenters. The molecule has 0 radical (unpaired) electrons. The highest BCUT2D eigenvalue weighted by Gasteiger charge is 2.27. The molecule has 0 amide bonds. The van der Waals surface area contributed by atoms with Crippen molar-refractivity contribution in [3.63, 3.8) is 0 Å². The fourth-order valence-electron chi connectivity index (χ4n) is 2.41. The Morgan fingerprint density at radius 3 is 2.50 bits per heavy atom. The van der Waals surface area contributed by atoms with E-state index in [9.17, 15) is 5.11 Å². The van der Waals surface area contributed by atoms with Crippen LogP contribution in [0.25, 0.3) is 0 Å². The van der Waals surface area contributed by atoms with Gasteiger partial charge in [-0.05, 0) is 32.1 Å². The maximum atomic E-state index is 9.71. The Morgan fingerprint density at radius 1 is 1.36 bits per heavy atom. The van der Waals surface area contributed by atoms with Crippen LogP contribution in [0.3, 0.4) is 0 Å². The number of aliphatic hydroxyl groups excluding tert-OH is 1. The van der Waals surface area contributed by atoms with Crippen molar-refractivity contribution in [2.45, 2.75) is 32.8 Å². The molecule has 0 aliphatic carbocycles. The van der Waals surface area contributed by atoms with Gasteiger partial charge in [-0.2, -0.15) is 0 Å². The van der Waals surface area contributed by atoms with Gasteiger partial charge < -0.3 is 10.2 Å². The number of piperidine rings is 1. The molecule has 2 N–H and O–H groups in total. The number of aliphatic hydroxyl groups is 2. The minimum Gasteiger partial charge on any atom is -0.396 e. The van der Waals surface area contributed by atoms with Gasteiger partial charge >= 0.3 is 0 Å². The van der Waals surface area contributed by atoms with Gasteiger partial charge in [0.15, 0.2) is 0 Å². The molecular formula is C11H23NO2. The van der Waals surface area contributed by atoms with Gasteiger partial charge in [-0.25, -0.2) is 0 Å². The van der Waals surface area contributed by atoms with Gasteiger partial charge in [0.25, 0.3) is 0 Å². The van der Waals surface area contributed by atoms with Crippen LogP contribution in [0.5, 0.6) is 0 Å². The van der Waals surface area contributed by atoms with Gasteiger partial charge in [0.1, 0.15) is 0 Å². The Balaban J connectivity index is 2.45. The van der Waals surface area contributed by atoms with Gasteiger partial charge in [0.2, 0.25) is 0 Å². The molecular weight excluding hydrogens is 178 g/mol. The second-order valence-electron chi connectivity index (χ2n) is 5.40. The molecule has 0 saturated carbocycles. The first-order valence-corrected chi connectivity index (χ1v) is 5.46. The number of nitrogens with zero attached hydrogens (tertiary/aromatic N) is 1. The predicted octanol–water partition coefficient (Wildman–Crippen LogP) is 0.708. The van der Waals surface area contributed by atoms with Crippen LogP contribution >= 0.6 is 0 Å². The van der Waals surface area contributed by atoms with Crippen molar-refractivity contribution < 1.29 is 10.2 Å². The van der Waals surface area contributed by atoms with Crippen molar-refractivity contribution >= 4 is 0 Å². The topological polar surface area (TPSA) is 43.7 Å². The van der Waals surface area contributed by atoms with Crippen LogP contribution in [0.15, 0.2) is 0 Å². The lowest BCUT2D eigenvalue weighted by atomic mass is 9.90. The highest BCUT2D eigenvalue weighted by atomic mass is 16.3. The van der Waals surface area contributed by atoms with Crippen molar-refractivity contribution in [1.82, 2.24) is 4.90 Å². The Kier molecular flexibility index (Phi) is 3.93. The van der Waals surface area contributed by atoms with Crippen LogP contribution < -0.4 is 0 Å². The summed E-state index contributed by atoms with van der Waals surface area (Å²) >= 11 is 0. The summed E-state index contributed by atoms with van der Waals surface area (Å²) in [5.74, 6) is 1.02. The third-order valence-corrected chi connectivity index (χ3v) is 2.69. The van der Waals surface area contributed by atoms with E-state index in [-0.39, 0.29) is 6.61 Å². The second kappa shape index (κ2) is 4.60. The van der Waals surface area contributed by atoms with E-state index >= 15 is 0 Å². The summed E-state index contributed by atoms with van der Waals surface area (Å²) < 4.78 is 0. The molecule has 1 heterocycles. The molecule has 0 bridgehead atoms. The molecule has 0 aromatic carbocycles. The van der Waals surface area contributed by atoms with E-state index in [4.69, 9.17) is 5.11 Å². The van der Waals surface area contributed by atoms with Crippen molar-refractivity contribution in [3.8, 4) is 0 Å². The lowest BCUT2D eigenvalue weighted by Gasteiger charge is -2.38. The molecule has 1 aliphatic heterocycles. The first-order valence-electron chi connectivity index (χ1n) is 5.46. The molecule has 0 aromatic heterocycles. The molecule has 0 spiro atoms. The van der Waals surface area contributed by atoms with E-state index in [0.29, 0.717) is 18.4 Å². The van der Waals surface area contributed by atoms with E-state index in [1.807, 2.05) is 13.8 Å². The fraction of sp³-hybridized carbons (Fsp3) is 1.00. The number of likely N-dealkylation sites (tertiary alicyclic amines) is 1. The second-order valence-corrected chi connectivity index (χ2v) is 5.40. The summed E-state index contributed by atoms with van der Waals surface area (Å²) in [4.78, 5) is 2.26. The number of hydrogen-bond donors (Lipinski definition) is 2. The van der Waals surface area contributed by atoms with Crippen molar-refractivity contribution in [3.05, 3.63) is 0 Å². The minimum absolute atomic E-state index is 0.271. The van der Waals surface area contributed by atoms with Crippen molar-refractivity contribution in [1.29, 1.82) is 0 Å². The fourth-order valence-corrected chi connectivity index (χ4v) is 2.41. The maximum absolute atomic E-state index is 9.71. The van der Waals surface area contributed by atoms with Crippen LogP contribution in [-0.4, -0.2) is 47.0 Å². The third-order valence-electron chi connectivity index (χ3n) is 2.69. The summed E-state index contributed by atoms with van der Waals surface area (Å²) in [7, 11) is 0. The average molecular weight is 201 g/mol. The standard InChI is InChI=1S/C11H23NO2/c1-9-4-10(7-13)6-12(5-9)8-11(2,3)14/h9-10,13-14H,4-8H2,1-3H3. The summed E-state index contributed by atoms with van der Waals surface area (Å²) in [5, 5.41) is 18.8.